The van der Waals surface area contributed by atoms with Gasteiger partial charge in [0.15, 0.2) is 0 Å². The van der Waals surface area contributed by atoms with E-state index in [-0.39, 0.29) is 0 Å². The number of carbonyl (C=O) groups is 2. The van der Waals surface area contributed by atoms with Crippen LogP contribution in [0.1, 0.15) is 11.4 Å². The summed E-state index contributed by atoms with van der Waals surface area (Å²) < 4.78 is 0. The molecule has 1 aromatic heterocycles. The molecule has 2 heterocycles. The fourth-order valence-electron chi connectivity index (χ4n) is 1.69. The summed E-state index contributed by atoms with van der Waals surface area (Å²) in [5, 5.41) is 14.3. The average molecular weight is 269 g/mol. The van der Waals surface area contributed by atoms with E-state index in [4.69, 9.17) is 0 Å². The normalized spacial score (nSPS) is 16.2. The number of amides is 2. The monoisotopic (exact) mass is 269 g/mol. The first-order valence-electron chi connectivity index (χ1n) is 5.78. The quantitative estimate of drug-likeness (QED) is 0.678. The molecule has 1 aliphatic rings. The molecule has 98 valence electrons. The van der Waals surface area contributed by atoms with E-state index in [1.807, 2.05) is 0 Å². The van der Waals surface area contributed by atoms with Crippen LogP contribution in [-0.2, 0) is 9.59 Å². The van der Waals surface area contributed by atoms with Crippen LogP contribution in [0.5, 0.6) is 0 Å². The lowest BCUT2D eigenvalue weighted by Gasteiger charge is -2.18. The number of aryl methyl sites for hydroxylation is 1. The van der Waals surface area contributed by atoms with Crippen molar-refractivity contribution in [3.05, 3.63) is 5.01 Å². The maximum atomic E-state index is 11.9. The number of nitrogens with zero attached hydrogens (tertiary/aromatic N) is 3. The second-order valence-corrected chi connectivity index (χ2v) is 5.16. The van der Waals surface area contributed by atoms with E-state index in [0.717, 1.165) is 24.5 Å². The number of carbonyl (C=O) groups excluding carboxylic acids is 2. The maximum Gasteiger partial charge on any atom is 0.315 e. The number of rotatable bonds is 1. The largest absolute Gasteiger partial charge is 0.333 e. The summed E-state index contributed by atoms with van der Waals surface area (Å²) in [5.74, 6) is -1.15. The highest BCUT2D eigenvalue weighted by atomic mass is 32.1. The van der Waals surface area contributed by atoms with Gasteiger partial charge >= 0.3 is 11.8 Å². The number of nitrogens with one attached hydrogen (secondary N) is 2. The molecule has 2 rings (SSSR count). The van der Waals surface area contributed by atoms with Gasteiger partial charge in [0.2, 0.25) is 5.13 Å². The van der Waals surface area contributed by atoms with E-state index < -0.39 is 11.8 Å². The van der Waals surface area contributed by atoms with Crippen LogP contribution >= 0.6 is 11.3 Å². The van der Waals surface area contributed by atoms with Crippen molar-refractivity contribution in [3.63, 3.8) is 0 Å². The van der Waals surface area contributed by atoms with E-state index in [0.29, 0.717) is 18.2 Å². The molecule has 0 saturated carbocycles. The van der Waals surface area contributed by atoms with Crippen LogP contribution in [0, 0.1) is 6.92 Å². The number of aromatic nitrogens is 2. The minimum Gasteiger partial charge on any atom is -0.333 e. The third kappa shape index (κ3) is 3.23. The zero-order valence-electron chi connectivity index (χ0n) is 10.1. The second kappa shape index (κ2) is 5.87. The van der Waals surface area contributed by atoms with Crippen LogP contribution in [0.2, 0.25) is 0 Å². The molecule has 1 fully saturated rings. The summed E-state index contributed by atoms with van der Waals surface area (Å²) in [5.41, 5.74) is 0. The standard InChI is InChI=1S/C10H15N5O2S/c1-7-13-14-10(18-7)12-8(16)9(17)15-5-2-3-11-4-6-15/h11H,2-6H2,1H3,(H,12,14,16). The number of anilines is 1. The van der Waals surface area contributed by atoms with Gasteiger partial charge in [0.1, 0.15) is 5.01 Å². The van der Waals surface area contributed by atoms with Gasteiger partial charge in [0.25, 0.3) is 0 Å². The zero-order chi connectivity index (χ0) is 13.0. The van der Waals surface area contributed by atoms with Gasteiger partial charge < -0.3 is 10.2 Å². The Morgan fingerprint density at radius 1 is 1.33 bits per heavy atom. The molecule has 0 atom stereocenters. The van der Waals surface area contributed by atoms with Gasteiger partial charge in [0.05, 0.1) is 0 Å². The van der Waals surface area contributed by atoms with Gasteiger partial charge in [-0.25, -0.2) is 0 Å². The Labute approximate surface area is 109 Å². The van der Waals surface area contributed by atoms with Gasteiger partial charge in [-0.2, -0.15) is 0 Å². The van der Waals surface area contributed by atoms with Gasteiger partial charge in [-0.05, 0) is 19.9 Å². The average Bonchev–Trinajstić information content (AvgIpc) is 2.62. The molecule has 0 aromatic carbocycles. The molecule has 1 aromatic rings. The van der Waals surface area contributed by atoms with E-state index in [1.165, 1.54) is 11.3 Å². The summed E-state index contributed by atoms with van der Waals surface area (Å²) in [6.07, 6.45) is 0.858. The summed E-state index contributed by atoms with van der Waals surface area (Å²) in [7, 11) is 0. The molecule has 2 amide bonds. The molecule has 18 heavy (non-hydrogen) atoms. The number of hydrogen-bond acceptors (Lipinski definition) is 6. The van der Waals surface area contributed by atoms with E-state index in [1.54, 1.807) is 11.8 Å². The molecule has 0 spiro atoms. The Morgan fingerprint density at radius 2 is 2.17 bits per heavy atom. The lowest BCUT2D eigenvalue weighted by molar-refractivity contribution is -0.143. The Kier molecular flexibility index (Phi) is 4.21. The maximum absolute atomic E-state index is 11.9. The third-order valence-corrected chi connectivity index (χ3v) is 3.32. The van der Waals surface area contributed by atoms with Crippen LogP contribution < -0.4 is 10.6 Å². The van der Waals surface area contributed by atoms with E-state index >= 15 is 0 Å². The first-order chi connectivity index (χ1) is 8.66. The Morgan fingerprint density at radius 3 is 2.89 bits per heavy atom. The van der Waals surface area contributed by atoms with Gasteiger partial charge in [-0.3, -0.25) is 14.9 Å². The second-order valence-electron chi connectivity index (χ2n) is 3.98. The van der Waals surface area contributed by atoms with Gasteiger partial charge in [-0.1, -0.05) is 11.3 Å². The SMILES string of the molecule is Cc1nnc(NC(=O)C(=O)N2CCCNCC2)s1. The fourth-order valence-corrected chi connectivity index (χ4v) is 2.28. The van der Waals surface area contributed by atoms with Crippen LogP contribution in [-0.4, -0.2) is 53.1 Å². The highest BCUT2D eigenvalue weighted by molar-refractivity contribution is 7.15. The van der Waals surface area contributed by atoms with Crippen LogP contribution in [0.25, 0.3) is 0 Å². The van der Waals surface area contributed by atoms with Crippen LogP contribution in [0.4, 0.5) is 5.13 Å². The summed E-state index contributed by atoms with van der Waals surface area (Å²) >= 11 is 1.25. The molecular formula is C10H15N5O2S. The Balaban J connectivity index is 1.93. The minimum atomic E-state index is -0.645. The fraction of sp³-hybridized carbons (Fsp3) is 0.600. The van der Waals surface area contributed by atoms with Crippen LogP contribution in [0.3, 0.4) is 0 Å². The topological polar surface area (TPSA) is 87.2 Å². The first kappa shape index (κ1) is 12.9. The lowest BCUT2D eigenvalue weighted by atomic mass is 10.3. The highest BCUT2D eigenvalue weighted by Crippen LogP contribution is 2.13. The predicted octanol–water partition coefficient (Wildman–Crippen LogP) is -0.393. The summed E-state index contributed by atoms with van der Waals surface area (Å²) in [6, 6.07) is 0. The smallest absolute Gasteiger partial charge is 0.315 e. The molecule has 0 aliphatic carbocycles. The molecule has 1 aliphatic heterocycles. The molecule has 0 bridgehead atoms. The Hall–Kier alpha value is -1.54. The van der Waals surface area contributed by atoms with Crippen molar-refractivity contribution in [3.8, 4) is 0 Å². The lowest BCUT2D eigenvalue weighted by Crippen LogP contribution is -2.41. The Bertz CT molecular complexity index is 439. The molecular weight excluding hydrogens is 254 g/mol. The van der Waals surface area contributed by atoms with Crippen molar-refractivity contribution in [2.45, 2.75) is 13.3 Å². The van der Waals surface area contributed by atoms with E-state index in [2.05, 4.69) is 20.8 Å². The molecule has 2 N–H and O–H groups in total. The highest BCUT2D eigenvalue weighted by Gasteiger charge is 2.23. The third-order valence-electron chi connectivity index (χ3n) is 2.57. The van der Waals surface area contributed by atoms with E-state index in [9.17, 15) is 9.59 Å². The zero-order valence-corrected chi connectivity index (χ0v) is 10.9. The first-order valence-corrected chi connectivity index (χ1v) is 6.59. The summed E-state index contributed by atoms with van der Waals surface area (Å²) in [6.45, 7) is 4.54. The molecule has 8 heteroatoms. The van der Waals surface area contributed by atoms with Crippen molar-refractivity contribution >= 4 is 28.3 Å². The van der Waals surface area contributed by atoms with Crippen molar-refractivity contribution < 1.29 is 9.59 Å². The van der Waals surface area contributed by atoms with Crippen LogP contribution in [0.15, 0.2) is 0 Å². The number of hydrogen-bond donors (Lipinski definition) is 2. The van der Waals surface area contributed by atoms with Gasteiger partial charge in [0, 0.05) is 19.6 Å². The van der Waals surface area contributed by atoms with Crippen molar-refractivity contribution in [2.24, 2.45) is 0 Å². The van der Waals surface area contributed by atoms with Crippen molar-refractivity contribution in [1.82, 2.24) is 20.4 Å². The molecule has 7 nitrogen and oxygen atoms in total. The molecule has 0 unspecified atom stereocenters. The summed E-state index contributed by atoms with van der Waals surface area (Å²) in [4.78, 5) is 25.2. The van der Waals surface area contributed by atoms with Gasteiger partial charge in [-0.15, -0.1) is 10.2 Å². The van der Waals surface area contributed by atoms with Crippen molar-refractivity contribution in [1.29, 1.82) is 0 Å². The molecule has 0 radical (unpaired) electrons. The minimum absolute atomic E-state index is 0.360. The molecule has 1 saturated heterocycles. The predicted molar refractivity (Wildman–Crippen MR) is 67.3 cm³/mol. The van der Waals surface area contributed by atoms with Crippen molar-refractivity contribution in [2.75, 3.05) is 31.5 Å².